The third kappa shape index (κ3) is 3.09. The van der Waals surface area contributed by atoms with E-state index in [1.807, 2.05) is 18.2 Å². The molecule has 0 aromatic heterocycles. The van der Waals surface area contributed by atoms with Crippen molar-refractivity contribution >= 4 is 5.97 Å². The summed E-state index contributed by atoms with van der Waals surface area (Å²) >= 11 is 0. The molecule has 14 heavy (non-hydrogen) atoms. The highest BCUT2D eigenvalue weighted by Gasteiger charge is 2.09. The first-order chi connectivity index (χ1) is 6.74. The Morgan fingerprint density at radius 2 is 2.36 bits per heavy atom. The van der Waals surface area contributed by atoms with Gasteiger partial charge in [-0.3, -0.25) is 4.79 Å². The molecule has 3 nitrogen and oxygen atoms in total. The van der Waals surface area contributed by atoms with E-state index >= 15 is 0 Å². The molecule has 1 N–H and O–H groups in total. The lowest BCUT2D eigenvalue weighted by Crippen LogP contribution is -2.06. The monoisotopic (exact) mass is 194 g/mol. The highest BCUT2D eigenvalue weighted by atomic mass is 16.5. The van der Waals surface area contributed by atoms with Crippen molar-refractivity contribution in [1.29, 1.82) is 0 Å². The average Bonchev–Trinajstić information content (AvgIpc) is 2.19. The Hall–Kier alpha value is -1.51. The van der Waals surface area contributed by atoms with E-state index in [9.17, 15) is 9.90 Å². The van der Waals surface area contributed by atoms with Gasteiger partial charge in [-0.25, -0.2) is 0 Å². The van der Waals surface area contributed by atoms with E-state index in [4.69, 9.17) is 4.74 Å². The van der Waals surface area contributed by atoms with Crippen LogP contribution in [0.2, 0.25) is 0 Å². The van der Waals surface area contributed by atoms with Crippen LogP contribution in [0, 0.1) is 0 Å². The second-order valence-corrected chi connectivity index (χ2v) is 2.95. The Morgan fingerprint density at radius 3 is 2.93 bits per heavy atom. The van der Waals surface area contributed by atoms with E-state index in [1.54, 1.807) is 13.0 Å². The first-order valence-corrected chi connectivity index (χ1v) is 4.64. The minimum atomic E-state index is -0.388. The lowest BCUT2D eigenvalue weighted by molar-refractivity contribution is -0.142. The van der Waals surface area contributed by atoms with Crippen LogP contribution in [-0.2, 0) is 9.53 Å². The zero-order chi connectivity index (χ0) is 10.4. The molecular formula is C11H14O3. The SMILES string of the molecule is CCOC(=O)C/C(O)=C1/C=CC=CC1. The van der Waals surface area contributed by atoms with Crippen LogP contribution in [-0.4, -0.2) is 17.7 Å². The normalized spacial score (nSPS) is 18.1. The highest BCUT2D eigenvalue weighted by molar-refractivity contribution is 5.72. The van der Waals surface area contributed by atoms with Gasteiger partial charge in [-0.1, -0.05) is 24.3 Å². The van der Waals surface area contributed by atoms with Crippen LogP contribution in [0.25, 0.3) is 0 Å². The predicted octanol–water partition coefficient (Wildman–Crippen LogP) is 2.27. The molecule has 0 aromatic carbocycles. The molecule has 0 heterocycles. The maximum absolute atomic E-state index is 11.0. The molecule has 3 heteroatoms. The molecule has 0 saturated carbocycles. The number of rotatable bonds is 3. The van der Waals surface area contributed by atoms with Crippen molar-refractivity contribution in [1.82, 2.24) is 0 Å². The summed E-state index contributed by atoms with van der Waals surface area (Å²) < 4.78 is 4.73. The highest BCUT2D eigenvalue weighted by Crippen LogP contribution is 2.16. The molecule has 0 unspecified atom stereocenters. The Balaban J connectivity index is 2.55. The molecule has 1 aliphatic rings. The van der Waals surface area contributed by atoms with E-state index in [0.717, 1.165) is 5.57 Å². The van der Waals surface area contributed by atoms with Crippen molar-refractivity contribution in [3.8, 4) is 0 Å². The quantitative estimate of drug-likeness (QED) is 0.553. The molecule has 1 aliphatic carbocycles. The molecule has 0 spiro atoms. The van der Waals surface area contributed by atoms with Crippen LogP contribution in [0.15, 0.2) is 35.6 Å². The summed E-state index contributed by atoms with van der Waals surface area (Å²) in [6.45, 7) is 2.09. The molecule has 0 saturated heterocycles. The van der Waals surface area contributed by atoms with Gasteiger partial charge in [0.25, 0.3) is 0 Å². The number of hydrogen-bond donors (Lipinski definition) is 1. The molecule has 0 bridgehead atoms. The fraction of sp³-hybridized carbons (Fsp3) is 0.364. The maximum Gasteiger partial charge on any atom is 0.313 e. The number of hydrogen-bond acceptors (Lipinski definition) is 3. The van der Waals surface area contributed by atoms with Crippen LogP contribution >= 0.6 is 0 Å². The smallest absolute Gasteiger partial charge is 0.313 e. The molecule has 76 valence electrons. The number of carbonyl (C=O) groups excluding carboxylic acids is 1. The van der Waals surface area contributed by atoms with Gasteiger partial charge in [0.05, 0.1) is 6.61 Å². The summed E-state index contributed by atoms with van der Waals surface area (Å²) in [5.74, 6) is -0.287. The molecule has 0 radical (unpaired) electrons. The number of allylic oxidation sites excluding steroid dienone is 5. The Labute approximate surface area is 83.4 Å². The summed E-state index contributed by atoms with van der Waals surface area (Å²) in [4.78, 5) is 11.0. The number of aliphatic hydroxyl groups excluding tert-OH is 1. The molecule has 0 fully saturated rings. The van der Waals surface area contributed by atoms with E-state index in [1.165, 1.54) is 0 Å². The van der Waals surface area contributed by atoms with Gasteiger partial charge in [0.1, 0.15) is 12.2 Å². The van der Waals surface area contributed by atoms with Crippen molar-refractivity contribution < 1.29 is 14.6 Å². The number of ether oxygens (including phenoxy) is 1. The lowest BCUT2D eigenvalue weighted by Gasteiger charge is -2.06. The van der Waals surface area contributed by atoms with Crippen LogP contribution in [0.5, 0.6) is 0 Å². The molecule has 0 aromatic rings. The van der Waals surface area contributed by atoms with Crippen molar-refractivity contribution in [3.05, 3.63) is 35.6 Å². The summed E-state index contributed by atoms with van der Waals surface area (Å²) in [6, 6.07) is 0. The van der Waals surface area contributed by atoms with Gasteiger partial charge in [0.15, 0.2) is 0 Å². The third-order valence-corrected chi connectivity index (χ3v) is 1.87. The fourth-order valence-electron chi connectivity index (χ4n) is 1.19. The Kier molecular flexibility index (Phi) is 3.98. The molecular weight excluding hydrogens is 180 g/mol. The van der Waals surface area contributed by atoms with Crippen LogP contribution < -0.4 is 0 Å². The predicted molar refractivity (Wildman–Crippen MR) is 53.8 cm³/mol. The maximum atomic E-state index is 11.0. The van der Waals surface area contributed by atoms with E-state index in [0.29, 0.717) is 13.0 Å². The summed E-state index contributed by atoms with van der Waals surface area (Å²) in [5, 5.41) is 9.56. The minimum Gasteiger partial charge on any atom is -0.511 e. The van der Waals surface area contributed by atoms with Gasteiger partial charge < -0.3 is 9.84 Å². The largest absolute Gasteiger partial charge is 0.511 e. The van der Waals surface area contributed by atoms with Crippen LogP contribution in [0.4, 0.5) is 0 Å². The van der Waals surface area contributed by atoms with Gasteiger partial charge in [-0.05, 0) is 18.9 Å². The van der Waals surface area contributed by atoms with Crippen molar-refractivity contribution in [2.75, 3.05) is 6.61 Å². The summed E-state index contributed by atoms with van der Waals surface area (Å²) in [6.07, 6.45) is 8.09. The zero-order valence-electron chi connectivity index (χ0n) is 8.19. The number of aliphatic hydroxyl groups is 1. The second kappa shape index (κ2) is 5.27. The van der Waals surface area contributed by atoms with Crippen molar-refractivity contribution in [2.24, 2.45) is 0 Å². The first kappa shape index (κ1) is 10.6. The molecule has 0 amide bonds. The number of esters is 1. The Morgan fingerprint density at radius 1 is 1.57 bits per heavy atom. The third-order valence-electron chi connectivity index (χ3n) is 1.87. The van der Waals surface area contributed by atoms with Gasteiger partial charge in [0.2, 0.25) is 0 Å². The topological polar surface area (TPSA) is 46.5 Å². The standard InChI is InChI=1S/C11H14O3/c1-2-14-11(13)8-10(12)9-6-4-3-5-7-9/h3-6,12H,2,7-8H2,1H3/b10-9+. The Bertz CT molecular complexity index is 298. The van der Waals surface area contributed by atoms with Gasteiger partial charge in [-0.2, -0.15) is 0 Å². The summed E-state index contributed by atoms with van der Waals surface area (Å²) in [5.41, 5.74) is 0.778. The molecule has 1 rings (SSSR count). The number of carbonyl (C=O) groups is 1. The molecule has 0 atom stereocenters. The van der Waals surface area contributed by atoms with Crippen LogP contribution in [0.1, 0.15) is 19.8 Å². The van der Waals surface area contributed by atoms with Gasteiger partial charge in [0, 0.05) is 0 Å². The lowest BCUT2D eigenvalue weighted by atomic mass is 10.1. The van der Waals surface area contributed by atoms with E-state index in [-0.39, 0.29) is 18.1 Å². The summed E-state index contributed by atoms with van der Waals surface area (Å²) in [7, 11) is 0. The second-order valence-electron chi connectivity index (χ2n) is 2.95. The first-order valence-electron chi connectivity index (χ1n) is 4.64. The fourth-order valence-corrected chi connectivity index (χ4v) is 1.19. The van der Waals surface area contributed by atoms with E-state index in [2.05, 4.69) is 0 Å². The minimum absolute atomic E-state index is 0.0403. The van der Waals surface area contributed by atoms with Crippen molar-refractivity contribution in [3.63, 3.8) is 0 Å². The van der Waals surface area contributed by atoms with Crippen molar-refractivity contribution in [2.45, 2.75) is 19.8 Å². The van der Waals surface area contributed by atoms with Gasteiger partial charge >= 0.3 is 5.97 Å². The molecule has 0 aliphatic heterocycles. The van der Waals surface area contributed by atoms with Crippen LogP contribution in [0.3, 0.4) is 0 Å². The zero-order valence-corrected chi connectivity index (χ0v) is 8.19. The van der Waals surface area contributed by atoms with E-state index < -0.39 is 0 Å². The van der Waals surface area contributed by atoms with Gasteiger partial charge in [-0.15, -0.1) is 0 Å². The average molecular weight is 194 g/mol.